The van der Waals surface area contributed by atoms with Gasteiger partial charge in [0.2, 0.25) is 5.95 Å². The van der Waals surface area contributed by atoms with Crippen LogP contribution in [0.15, 0.2) is 24.3 Å². The SMILES string of the molecule is CC1(n2c(N)nc3ccccc32)CCC1. The Hall–Kier alpha value is -1.51. The average Bonchev–Trinajstić information content (AvgIpc) is 2.51. The number of nitrogen functional groups attached to an aromatic ring is 1. The van der Waals surface area contributed by atoms with E-state index in [1.165, 1.54) is 19.3 Å². The van der Waals surface area contributed by atoms with E-state index in [-0.39, 0.29) is 5.54 Å². The van der Waals surface area contributed by atoms with Crippen LogP contribution in [0.1, 0.15) is 26.2 Å². The molecule has 3 heteroatoms. The summed E-state index contributed by atoms with van der Waals surface area (Å²) in [6, 6.07) is 8.16. The molecule has 0 bridgehead atoms. The maximum Gasteiger partial charge on any atom is 0.201 e. The highest BCUT2D eigenvalue weighted by Gasteiger charge is 2.36. The van der Waals surface area contributed by atoms with E-state index < -0.39 is 0 Å². The molecule has 1 fully saturated rings. The molecule has 0 amide bonds. The zero-order valence-corrected chi connectivity index (χ0v) is 8.90. The molecule has 78 valence electrons. The Bertz CT molecular complexity index is 509. The summed E-state index contributed by atoms with van der Waals surface area (Å²) in [4.78, 5) is 4.40. The normalized spacial score (nSPS) is 19.0. The molecular formula is C12H15N3. The minimum atomic E-state index is 0.195. The second kappa shape index (κ2) is 2.75. The van der Waals surface area contributed by atoms with Gasteiger partial charge < -0.3 is 10.3 Å². The largest absolute Gasteiger partial charge is 0.369 e. The summed E-state index contributed by atoms with van der Waals surface area (Å²) in [5, 5.41) is 0. The molecule has 2 aromatic rings. The third-order valence-corrected chi connectivity index (χ3v) is 3.56. The number of imidazole rings is 1. The number of fused-ring (bicyclic) bond motifs is 1. The van der Waals surface area contributed by atoms with Crippen molar-refractivity contribution in [3.05, 3.63) is 24.3 Å². The Morgan fingerprint density at radius 2 is 2.07 bits per heavy atom. The van der Waals surface area contributed by atoms with E-state index in [9.17, 15) is 0 Å². The maximum atomic E-state index is 6.00. The van der Waals surface area contributed by atoms with Gasteiger partial charge in [0.15, 0.2) is 0 Å². The fourth-order valence-electron chi connectivity index (χ4n) is 2.52. The second-order valence-electron chi connectivity index (χ2n) is 4.64. The van der Waals surface area contributed by atoms with E-state index in [0.717, 1.165) is 11.0 Å². The van der Waals surface area contributed by atoms with E-state index in [4.69, 9.17) is 5.73 Å². The molecule has 2 N–H and O–H groups in total. The minimum Gasteiger partial charge on any atom is -0.369 e. The van der Waals surface area contributed by atoms with Crippen LogP contribution in [0.2, 0.25) is 0 Å². The number of rotatable bonds is 1. The third kappa shape index (κ3) is 1.09. The lowest BCUT2D eigenvalue weighted by Gasteiger charge is -2.40. The number of aromatic nitrogens is 2. The predicted octanol–water partition coefficient (Wildman–Crippen LogP) is 2.52. The van der Waals surface area contributed by atoms with E-state index >= 15 is 0 Å². The first-order valence-corrected chi connectivity index (χ1v) is 5.44. The molecule has 1 saturated carbocycles. The highest BCUT2D eigenvalue weighted by Crippen LogP contribution is 2.42. The summed E-state index contributed by atoms with van der Waals surface area (Å²) in [5.41, 5.74) is 8.36. The molecule has 0 unspecified atom stereocenters. The lowest BCUT2D eigenvalue weighted by molar-refractivity contribution is 0.177. The van der Waals surface area contributed by atoms with Crippen molar-refractivity contribution in [3.8, 4) is 0 Å². The van der Waals surface area contributed by atoms with Crippen molar-refractivity contribution in [3.63, 3.8) is 0 Å². The lowest BCUT2D eigenvalue weighted by atomic mass is 9.78. The molecule has 1 aliphatic rings. The molecule has 0 aliphatic heterocycles. The topological polar surface area (TPSA) is 43.8 Å². The molecular weight excluding hydrogens is 186 g/mol. The molecule has 1 aromatic carbocycles. The van der Waals surface area contributed by atoms with Gasteiger partial charge in [-0.05, 0) is 38.3 Å². The highest BCUT2D eigenvalue weighted by molar-refractivity contribution is 5.78. The van der Waals surface area contributed by atoms with Gasteiger partial charge >= 0.3 is 0 Å². The molecule has 15 heavy (non-hydrogen) atoms. The van der Waals surface area contributed by atoms with E-state index in [1.807, 2.05) is 18.2 Å². The number of nitrogens with two attached hydrogens (primary N) is 1. The Labute approximate surface area is 88.9 Å². The Morgan fingerprint density at radius 3 is 2.73 bits per heavy atom. The van der Waals surface area contributed by atoms with Crippen molar-refractivity contribution in [2.45, 2.75) is 31.7 Å². The first-order valence-electron chi connectivity index (χ1n) is 5.44. The van der Waals surface area contributed by atoms with E-state index in [0.29, 0.717) is 5.95 Å². The maximum absolute atomic E-state index is 6.00. The number of hydrogen-bond acceptors (Lipinski definition) is 2. The van der Waals surface area contributed by atoms with Crippen molar-refractivity contribution >= 4 is 17.0 Å². The fourth-order valence-corrected chi connectivity index (χ4v) is 2.52. The van der Waals surface area contributed by atoms with Crippen molar-refractivity contribution in [1.29, 1.82) is 0 Å². The number of hydrogen-bond donors (Lipinski definition) is 1. The van der Waals surface area contributed by atoms with Gasteiger partial charge in [-0.25, -0.2) is 4.98 Å². The molecule has 3 rings (SSSR count). The number of nitrogens with zero attached hydrogens (tertiary/aromatic N) is 2. The van der Waals surface area contributed by atoms with Gasteiger partial charge in [-0.2, -0.15) is 0 Å². The van der Waals surface area contributed by atoms with Gasteiger partial charge in [-0.3, -0.25) is 0 Å². The molecule has 1 aliphatic carbocycles. The van der Waals surface area contributed by atoms with E-state index in [1.54, 1.807) is 0 Å². The van der Waals surface area contributed by atoms with Crippen LogP contribution in [0.4, 0.5) is 5.95 Å². The zero-order chi connectivity index (χ0) is 10.5. The highest BCUT2D eigenvalue weighted by atomic mass is 15.2. The second-order valence-corrected chi connectivity index (χ2v) is 4.64. The Kier molecular flexibility index (Phi) is 1.61. The standard InChI is InChI=1S/C12H15N3/c1-12(7-4-8-12)15-10-6-3-2-5-9(10)14-11(15)13/h2-3,5-6H,4,7-8H2,1H3,(H2,13,14). The van der Waals surface area contributed by atoms with E-state index in [2.05, 4.69) is 22.5 Å². The molecule has 1 aromatic heterocycles. The molecule has 0 atom stereocenters. The van der Waals surface area contributed by atoms with Gasteiger partial charge in [0, 0.05) is 5.54 Å². The minimum absolute atomic E-state index is 0.195. The number of para-hydroxylation sites is 2. The predicted molar refractivity (Wildman–Crippen MR) is 61.6 cm³/mol. The molecule has 0 spiro atoms. The van der Waals surface area contributed by atoms with Crippen LogP contribution in [0.5, 0.6) is 0 Å². The van der Waals surface area contributed by atoms with Crippen molar-refractivity contribution in [1.82, 2.24) is 9.55 Å². The van der Waals surface area contributed by atoms with Gasteiger partial charge in [0.1, 0.15) is 0 Å². The van der Waals surface area contributed by atoms with Crippen LogP contribution in [-0.2, 0) is 5.54 Å². The molecule has 3 nitrogen and oxygen atoms in total. The molecule has 0 radical (unpaired) electrons. The zero-order valence-electron chi connectivity index (χ0n) is 8.90. The van der Waals surface area contributed by atoms with Crippen LogP contribution >= 0.6 is 0 Å². The first kappa shape index (κ1) is 8.77. The van der Waals surface area contributed by atoms with Gasteiger partial charge in [0.05, 0.1) is 11.0 Å². The summed E-state index contributed by atoms with van der Waals surface area (Å²) >= 11 is 0. The van der Waals surface area contributed by atoms with Crippen LogP contribution in [0.3, 0.4) is 0 Å². The lowest BCUT2D eigenvalue weighted by Crippen LogP contribution is -2.37. The van der Waals surface area contributed by atoms with Gasteiger partial charge in [0.25, 0.3) is 0 Å². The van der Waals surface area contributed by atoms with Crippen molar-refractivity contribution in [2.75, 3.05) is 5.73 Å². The first-order chi connectivity index (χ1) is 7.21. The van der Waals surface area contributed by atoms with Crippen LogP contribution < -0.4 is 5.73 Å². The molecule has 1 heterocycles. The average molecular weight is 201 g/mol. The third-order valence-electron chi connectivity index (χ3n) is 3.56. The van der Waals surface area contributed by atoms with Crippen LogP contribution in [0.25, 0.3) is 11.0 Å². The quantitative estimate of drug-likeness (QED) is 0.770. The summed E-state index contributed by atoms with van der Waals surface area (Å²) in [6.45, 7) is 2.26. The summed E-state index contributed by atoms with van der Waals surface area (Å²) in [5.74, 6) is 0.651. The number of anilines is 1. The van der Waals surface area contributed by atoms with Crippen molar-refractivity contribution in [2.24, 2.45) is 0 Å². The van der Waals surface area contributed by atoms with Crippen LogP contribution in [0, 0.1) is 0 Å². The van der Waals surface area contributed by atoms with Crippen LogP contribution in [-0.4, -0.2) is 9.55 Å². The Morgan fingerprint density at radius 1 is 1.33 bits per heavy atom. The summed E-state index contributed by atoms with van der Waals surface area (Å²) < 4.78 is 2.20. The van der Waals surface area contributed by atoms with Gasteiger partial charge in [-0.15, -0.1) is 0 Å². The molecule has 0 saturated heterocycles. The summed E-state index contributed by atoms with van der Waals surface area (Å²) in [6.07, 6.45) is 3.71. The fraction of sp³-hybridized carbons (Fsp3) is 0.417. The monoisotopic (exact) mass is 201 g/mol. The Balaban J connectivity index is 2.29. The smallest absolute Gasteiger partial charge is 0.201 e. The van der Waals surface area contributed by atoms with Crippen molar-refractivity contribution < 1.29 is 0 Å². The summed E-state index contributed by atoms with van der Waals surface area (Å²) in [7, 11) is 0. The number of benzene rings is 1. The van der Waals surface area contributed by atoms with Gasteiger partial charge in [-0.1, -0.05) is 12.1 Å².